The Balaban J connectivity index is 2.43. The first kappa shape index (κ1) is 11.7. The summed E-state index contributed by atoms with van der Waals surface area (Å²) in [6.45, 7) is 1.54. The Morgan fingerprint density at radius 1 is 1.18 bits per heavy atom. The SMILES string of the molecule is Cc1ccc(F)c(Nc2nccnc2Cl)c1F. The van der Waals surface area contributed by atoms with E-state index >= 15 is 0 Å². The molecule has 0 aliphatic carbocycles. The Bertz CT molecular complexity index is 560. The van der Waals surface area contributed by atoms with Crippen molar-refractivity contribution in [2.24, 2.45) is 0 Å². The molecular weight excluding hydrogens is 248 g/mol. The zero-order valence-electron chi connectivity index (χ0n) is 8.84. The number of rotatable bonds is 2. The molecule has 0 amide bonds. The normalized spacial score (nSPS) is 10.4. The van der Waals surface area contributed by atoms with E-state index in [1.807, 2.05) is 0 Å². The maximum absolute atomic E-state index is 13.7. The van der Waals surface area contributed by atoms with E-state index in [-0.39, 0.29) is 16.7 Å². The number of aromatic nitrogens is 2. The van der Waals surface area contributed by atoms with E-state index in [0.29, 0.717) is 5.56 Å². The fourth-order valence-corrected chi connectivity index (χ4v) is 1.45. The molecule has 0 fully saturated rings. The molecule has 1 aromatic heterocycles. The third-order valence-electron chi connectivity index (χ3n) is 2.18. The summed E-state index contributed by atoms with van der Waals surface area (Å²) in [5.41, 5.74) is 0.0429. The number of anilines is 2. The van der Waals surface area contributed by atoms with E-state index in [9.17, 15) is 8.78 Å². The smallest absolute Gasteiger partial charge is 0.171 e. The largest absolute Gasteiger partial charge is 0.333 e. The van der Waals surface area contributed by atoms with Crippen molar-refractivity contribution in [3.8, 4) is 0 Å². The summed E-state index contributed by atoms with van der Waals surface area (Å²) < 4.78 is 27.1. The highest BCUT2D eigenvalue weighted by molar-refractivity contribution is 6.31. The first-order chi connectivity index (χ1) is 8.09. The Hall–Kier alpha value is -1.75. The van der Waals surface area contributed by atoms with Crippen LogP contribution in [-0.2, 0) is 0 Å². The van der Waals surface area contributed by atoms with Crippen molar-refractivity contribution in [2.45, 2.75) is 6.92 Å². The van der Waals surface area contributed by atoms with Crippen LogP contribution in [0.3, 0.4) is 0 Å². The fraction of sp³-hybridized carbons (Fsp3) is 0.0909. The summed E-state index contributed by atoms with van der Waals surface area (Å²) in [5.74, 6) is -1.28. The molecule has 0 unspecified atom stereocenters. The van der Waals surface area contributed by atoms with Crippen molar-refractivity contribution in [3.05, 3.63) is 46.9 Å². The minimum atomic E-state index is -0.713. The molecular formula is C11H8ClF2N3. The van der Waals surface area contributed by atoms with Crippen molar-refractivity contribution in [2.75, 3.05) is 5.32 Å². The monoisotopic (exact) mass is 255 g/mol. The fourth-order valence-electron chi connectivity index (χ4n) is 1.29. The molecule has 0 saturated carbocycles. The predicted molar refractivity (Wildman–Crippen MR) is 61.4 cm³/mol. The molecule has 1 N–H and O–H groups in total. The summed E-state index contributed by atoms with van der Waals surface area (Å²) in [6, 6.07) is 2.53. The second-order valence-corrected chi connectivity index (χ2v) is 3.73. The van der Waals surface area contributed by atoms with Crippen molar-refractivity contribution in [1.29, 1.82) is 0 Å². The summed E-state index contributed by atoms with van der Waals surface area (Å²) in [6.07, 6.45) is 2.76. The highest BCUT2D eigenvalue weighted by Gasteiger charge is 2.13. The number of aryl methyl sites for hydroxylation is 1. The third-order valence-corrected chi connectivity index (χ3v) is 2.46. The van der Waals surface area contributed by atoms with Crippen LogP contribution in [-0.4, -0.2) is 9.97 Å². The van der Waals surface area contributed by atoms with Crippen LogP contribution in [0.15, 0.2) is 24.5 Å². The Labute approximate surface area is 101 Å². The molecule has 0 atom stereocenters. The molecule has 2 rings (SSSR count). The van der Waals surface area contributed by atoms with Gasteiger partial charge in [0.05, 0.1) is 0 Å². The van der Waals surface area contributed by atoms with Crippen molar-refractivity contribution >= 4 is 23.1 Å². The lowest BCUT2D eigenvalue weighted by molar-refractivity contribution is 0.584. The van der Waals surface area contributed by atoms with E-state index in [2.05, 4.69) is 15.3 Å². The molecule has 0 spiro atoms. The molecule has 17 heavy (non-hydrogen) atoms. The molecule has 1 aromatic carbocycles. The van der Waals surface area contributed by atoms with Crippen LogP contribution in [0.5, 0.6) is 0 Å². The lowest BCUT2D eigenvalue weighted by Crippen LogP contribution is -2.02. The molecule has 2 aromatic rings. The number of benzene rings is 1. The number of nitrogens with one attached hydrogen (secondary N) is 1. The molecule has 1 heterocycles. The van der Waals surface area contributed by atoms with Crippen LogP contribution in [0, 0.1) is 18.6 Å². The number of nitrogens with zero attached hydrogens (tertiary/aromatic N) is 2. The van der Waals surface area contributed by atoms with Gasteiger partial charge in [-0.3, -0.25) is 0 Å². The van der Waals surface area contributed by atoms with Crippen LogP contribution in [0.4, 0.5) is 20.3 Å². The van der Waals surface area contributed by atoms with Crippen LogP contribution in [0.2, 0.25) is 5.15 Å². The van der Waals surface area contributed by atoms with E-state index in [0.717, 1.165) is 0 Å². The zero-order chi connectivity index (χ0) is 12.4. The average Bonchev–Trinajstić information content (AvgIpc) is 2.32. The summed E-state index contributed by atoms with van der Waals surface area (Å²) >= 11 is 5.74. The summed E-state index contributed by atoms with van der Waals surface area (Å²) in [4.78, 5) is 7.60. The summed E-state index contributed by atoms with van der Waals surface area (Å²) in [7, 11) is 0. The van der Waals surface area contributed by atoms with Gasteiger partial charge < -0.3 is 5.32 Å². The van der Waals surface area contributed by atoms with Crippen molar-refractivity contribution in [1.82, 2.24) is 9.97 Å². The molecule has 3 nitrogen and oxygen atoms in total. The summed E-state index contributed by atoms with van der Waals surface area (Å²) in [5, 5.41) is 2.54. The van der Waals surface area contributed by atoms with Gasteiger partial charge in [0.2, 0.25) is 0 Å². The van der Waals surface area contributed by atoms with Crippen molar-refractivity contribution in [3.63, 3.8) is 0 Å². The minimum absolute atomic E-state index is 0.0489. The minimum Gasteiger partial charge on any atom is -0.333 e. The van der Waals surface area contributed by atoms with E-state index in [1.54, 1.807) is 0 Å². The van der Waals surface area contributed by atoms with Gasteiger partial charge in [0.15, 0.2) is 16.8 Å². The van der Waals surface area contributed by atoms with E-state index in [1.165, 1.54) is 31.5 Å². The van der Waals surface area contributed by atoms with Gasteiger partial charge in [-0.1, -0.05) is 17.7 Å². The maximum Gasteiger partial charge on any atom is 0.171 e. The van der Waals surface area contributed by atoms with Crippen molar-refractivity contribution < 1.29 is 8.78 Å². The second-order valence-electron chi connectivity index (χ2n) is 3.37. The standard InChI is InChI=1S/C11H8ClF2N3/c1-6-2-3-7(13)9(8(6)14)17-11-10(12)15-4-5-16-11/h2-5H,1H3,(H,16,17). The predicted octanol–water partition coefficient (Wildman–Crippen LogP) is 3.46. The van der Waals surface area contributed by atoms with Crippen LogP contribution >= 0.6 is 11.6 Å². The number of halogens is 3. The van der Waals surface area contributed by atoms with Crippen LogP contribution < -0.4 is 5.32 Å². The Morgan fingerprint density at radius 2 is 1.88 bits per heavy atom. The van der Waals surface area contributed by atoms with Gasteiger partial charge in [0.1, 0.15) is 11.5 Å². The average molecular weight is 256 g/mol. The van der Waals surface area contributed by atoms with Gasteiger partial charge in [0.25, 0.3) is 0 Å². The quantitative estimate of drug-likeness (QED) is 0.893. The highest BCUT2D eigenvalue weighted by atomic mass is 35.5. The Kier molecular flexibility index (Phi) is 3.19. The van der Waals surface area contributed by atoms with Crippen LogP contribution in [0.25, 0.3) is 0 Å². The lowest BCUT2D eigenvalue weighted by Gasteiger charge is -2.09. The number of hydrogen-bond acceptors (Lipinski definition) is 3. The maximum atomic E-state index is 13.7. The first-order valence-corrected chi connectivity index (χ1v) is 5.15. The Morgan fingerprint density at radius 3 is 2.59 bits per heavy atom. The third kappa shape index (κ3) is 2.34. The lowest BCUT2D eigenvalue weighted by atomic mass is 10.2. The van der Waals surface area contributed by atoms with Gasteiger partial charge in [-0.25, -0.2) is 18.7 Å². The molecule has 88 valence electrons. The highest BCUT2D eigenvalue weighted by Crippen LogP contribution is 2.26. The molecule has 0 aliphatic heterocycles. The molecule has 0 radical (unpaired) electrons. The van der Waals surface area contributed by atoms with E-state index in [4.69, 9.17) is 11.6 Å². The van der Waals surface area contributed by atoms with Gasteiger partial charge in [-0.2, -0.15) is 0 Å². The molecule has 0 saturated heterocycles. The van der Waals surface area contributed by atoms with Gasteiger partial charge in [0, 0.05) is 12.4 Å². The number of hydrogen-bond donors (Lipinski definition) is 1. The van der Waals surface area contributed by atoms with Crippen LogP contribution in [0.1, 0.15) is 5.56 Å². The molecule has 0 bridgehead atoms. The topological polar surface area (TPSA) is 37.8 Å². The molecule has 0 aliphatic rings. The second kappa shape index (κ2) is 4.63. The van der Waals surface area contributed by atoms with E-state index < -0.39 is 11.6 Å². The van der Waals surface area contributed by atoms with Gasteiger partial charge >= 0.3 is 0 Å². The molecule has 6 heteroatoms. The van der Waals surface area contributed by atoms with Gasteiger partial charge in [-0.05, 0) is 18.6 Å². The zero-order valence-corrected chi connectivity index (χ0v) is 9.59. The van der Waals surface area contributed by atoms with Gasteiger partial charge in [-0.15, -0.1) is 0 Å². The first-order valence-electron chi connectivity index (χ1n) is 4.77.